The summed E-state index contributed by atoms with van der Waals surface area (Å²) in [6, 6.07) is 23.9. The fourth-order valence-electron chi connectivity index (χ4n) is 3.63. The van der Waals surface area contributed by atoms with E-state index >= 15 is 0 Å². The van der Waals surface area contributed by atoms with Crippen molar-refractivity contribution in [3.05, 3.63) is 94.4 Å². The lowest BCUT2D eigenvalue weighted by Gasteiger charge is -2.24. The van der Waals surface area contributed by atoms with Crippen LogP contribution in [-0.2, 0) is 4.79 Å². The Morgan fingerprint density at radius 1 is 0.939 bits per heavy atom. The van der Waals surface area contributed by atoms with Gasteiger partial charge in [-0.15, -0.1) is 0 Å². The first-order chi connectivity index (χ1) is 16.1. The molecule has 33 heavy (non-hydrogen) atoms. The molecule has 0 saturated carbocycles. The maximum absolute atomic E-state index is 13.5. The molecule has 0 aliphatic carbocycles. The van der Waals surface area contributed by atoms with Crippen molar-refractivity contribution in [2.75, 3.05) is 18.6 Å². The lowest BCUT2D eigenvalue weighted by molar-refractivity contribution is -0.114. The minimum atomic E-state index is -0.130. The first kappa shape index (κ1) is 23.0. The third-order valence-electron chi connectivity index (χ3n) is 5.56. The molecule has 4 nitrogen and oxygen atoms in total. The summed E-state index contributed by atoms with van der Waals surface area (Å²) < 4.78 is 11.1. The highest BCUT2D eigenvalue weighted by Crippen LogP contribution is 2.48. The lowest BCUT2D eigenvalue weighted by atomic mass is 10.1. The summed E-state index contributed by atoms with van der Waals surface area (Å²) in [6.45, 7) is 4.94. The van der Waals surface area contributed by atoms with E-state index in [1.165, 1.54) is 5.56 Å². The van der Waals surface area contributed by atoms with Crippen LogP contribution in [0.15, 0.2) is 77.7 Å². The SMILES string of the molecule is CCCCOc1ccc(C=C2SC(c3ccc(C)cc3)N(c3ccc(OC)cc3)C2=O)cc1. The predicted molar refractivity (Wildman–Crippen MR) is 137 cm³/mol. The monoisotopic (exact) mass is 459 g/mol. The Balaban J connectivity index is 1.62. The highest BCUT2D eigenvalue weighted by Gasteiger charge is 2.38. The molecule has 5 heteroatoms. The number of methoxy groups -OCH3 is 1. The number of carbonyl (C=O) groups is 1. The van der Waals surface area contributed by atoms with Crippen LogP contribution in [-0.4, -0.2) is 19.6 Å². The molecule has 1 heterocycles. The summed E-state index contributed by atoms with van der Waals surface area (Å²) >= 11 is 1.58. The zero-order valence-electron chi connectivity index (χ0n) is 19.3. The Morgan fingerprint density at radius 3 is 2.24 bits per heavy atom. The smallest absolute Gasteiger partial charge is 0.266 e. The zero-order valence-corrected chi connectivity index (χ0v) is 20.1. The number of anilines is 1. The van der Waals surface area contributed by atoms with Gasteiger partial charge in [-0.3, -0.25) is 9.69 Å². The van der Waals surface area contributed by atoms with Crippen LogP contribution in [0.25, 0.3) is 6.08 Å². The predicted octanol–water partition coefficient (Wildman–Crippen LogP) is 7.00. The summed E-state index contributed by atoms with van der Waals surface area (Å²) in [5, 5.41) is -0.130. The van der Waals surface area contributed by atoms with Gasteiger partial charge in [0, 0.05) is 5.69 Å². The Hall–Kier alpha value is -3.18. The number of amides is 1. The Morgan fingerprint density at radius 2 is 1.61 bits per heavy atom. The van der Waals surface area contributed by atoms with E-state index in [1.54, 1.807) is 18.9 Å². The van der Waals surface area contributed by atoms with Crippen LogP contribution in [0.1, 0.15) is 41.8 Å². The number of unbranched alkanes of at least 4 members (excludes halogenated alkanes) is 1. The van der Waals surface area contributed by atoms with Gasteiger partial charge in [0.2, 0.25) is 0 Å². The molecule has 1 fully saturated rings. The first-order valence-corrected chi connectivity index (χ1v) is 12.1. The van der Waals surface area contributed by atoms with Crippen molar-refractivity contribution in [3.8, 4) is 11.5 Å². The number of benzene rings is 3. The average molecular weight is 460 g/mol. The Bertz CT molecular complexity index is 1110. The van der Waals surface area contributed by atoms with Gasteiger partial charge in [-0.2, -0.15) is 0 Å². The molecule has 1 aliphatic rings. The Kier molecular flexibility index (Phi) is 7.40. The van der Waals surface area contributed by atoms with Crippen LogP contribution in [0.2, 0.25) is 0 Å². The molecule has 1 saturated heterocycles. The Labute approximate surface area is 200 Å². The summed E-state index contributed by atoms with van der Waals surface area (Å²) in [7, 11) is 1.64. The van der Waals surface area contributed by atoms with Gasteiger partial charge in [0.1, 0.15) is 16.9 Å². The van der Waals surface area contributed by atoms with Gasteiger partial charge in [0.15, 0.2) is 0 Å². The van der Waals surface area contributed by atoms with E-state index in [1.807, 2.05) is 59.5 Å². The number of ether oxygens (including phenoxy) is 2. The van der Waals surface area contributed by atoms with Crippen LogP contribution >= 0.6 is 11.8 Å². The molecule has 4 rings (SSSR count). The molecule has 1 unspecified atom stereocenters. The second-order valence-corrected chi connectivity index (χ2v) is 9.16. The van der Waals surface area contributed by atoms with Gasteiger partial charge in [-0.05, 0) is 66.9 Å². The third kappa shape index (κ3) is 5.42. The van der Waals surface area contributed by atoms with Crippen LogP contribution in [0, 0.1) is 6.92 Å². The summed E-state index contributed by atoms with van der Waals surface area (Å²) in [5.74, 6) is 1.62. The molecule has 0 bridgehead atoms. The number of aryl methyl sites for hydroxylation is 1. The van der Waals surface area contributed by atoms with Gasteiger partial charge in [0.05, 0.1) is 18.6 Å². The summed E-state index contributed by atoms with van der Waals surface area (Å²) in [6.07, 6.45) is 4.11. The van der Waals surface area contributed by atoms with Gasteiger partial charge in [0.25, 0.3) is 5.91 Å². The van der Waals surface area contributed by atoms with Gasteiger partial charge in [-0.1, -0.05) is 67.1 Å². The van der Waals surface area contributed by atoms with Crippen molar-refractivity contribution < 1.29 is 14.3 Å². The van der Waals surface area contributed by atoms with Gasteiger partial charge in [-0.25, -0.2) is 0 Å². The summed E-state index contributed by atoms with van der Waals surface area (Å²) in [5.41, 5.74) is 4.12. The van der Waals surface area contributed by atoms with Crippen LogP contribution in [0.3, 0.4) is 0 Å². The molecule has 1 amide bonds. The van der Waals surface area contributed by atoms with Crippen LogP contribution in [0.5, 0.6) is 11.5 Å². The molecular weight excluding hydrogens is 430 g/mol. The number of rotatable bonds is 8. The van der Waals surface area contributed by atoms with Crippen molar-refractivity contribution in [2.45, 2.75) is 32.1 Å². The second kappa shape index (κ2) is 10.6. The number of nitrogens with zero attached hydrogens (tertiary/aromatic N) is 1. The quantitative estimate of drug-likeness (QED) is 0.268. The minimum Gasteiger partial charge on any atom is -0.497 e. The van der Waals surface area contributed by atoms with Crippen molar-refractivity contribution in [3.63, 3.8) is 0 Å². The van der Waals surface area contributed by atoms with Crippen LogP contribution in [0.4, 0.5) is 5.69 Å². The molecule has 0 spiro atoms. The van der Waals surface area contributed by atoms with Gasteiger partial charge >= 0.3 is 0 Å². The average Bonchev–Trinajstić information content (AvgIpc) is 3.16. The van der Waals surface area contributed by atoms with E-state index in [0.29, 0.717) is 0 Å². The van der Waals surface area contributed by atoms with Crippen molar-refractivity contribution in [1.82, 2.24) is 0 Å². The molecule has 0 aromatic heterocycles. The standard InChI is InChI=1S/C28H29NO3S/c1-4-5-18-32-25-14-8-21(9-15-25)19-26-27(30)29(23-12-16-24(31-3)17-13-23)28(33-26)22-10-6-20(2)7-11-22/h6-17,19,28H,4-5,18H2,1-3H3. The van der Waals surface area contributed by atoms with E-state index in [-0.39, 0.29) is 11.3 Å². The molecule has 3 aromatic carbocycles. The molecule has 1 aliphatic heterocycles. The normalized spacial score (nSPS) is 16.9. The first-order valence-electron chi connectivity index (χ1n) is 11.2. The molecule has 0 radical (unpaired) electrons. The highest BCUT2D eigenvalue weighted by molar-refractivity contribution is 8.05. The lowest BCUT2D eigenvalue weighted by Crippen LogP contribution is -2.27. The number of carbonyl (C=O) groups excluding carboxylic acids is 1. The third-order valence-corrected chi connectivity index (χ3v) is 6.81. The highest BCUT2D eigenvalue weighted by atomic mass is 32.2. The minimum absolute atomic E-state index is 0.000913. The molecule has 0 N–H and O–H groups in total. The fraction of sp³-hybridized carbons (Fsp3) is 0.250. The maximum Gasteiger partial charge on any atom is 0.266 e. The van der Waals surface area contributed by atoms with Gasteiger partial charge < -0.3 is 9.47 Å². The second-order valence-electron chi connectivity index (χ2n) is 8.03. The van der Waals surface area contributed by atoms with E-state index in [4.69, 9.17) is 9.47 Å². The number of thioether (sulfide) groups is 1. The van der Waals surface area contributed by atoms with Crippen molar-refractivity contribution in [2.24, 2.45) is 0 Å². The number of hydrogen-bond donors (Lipinski definition) is 0. The molecule has 3 aromatic rings. The summed E-state index contributed by atoms with van der Waals surface area (Å²) in [4.78, 5) is 16.1. The van der Waals surface area contributed by atoms with E-state index in [0.717, 1.165) is 52.7 Å². The molecule has 1 atom stereocenters. The number of hydrogen-bond acceptors (Lipinski definition) is 4. The van der Waals surface area contributed by atoms with Crippen molar-refractivity contribution in [1.29, 1.82) is 0 Å². The molecule has 170 valence electrons. The maximum atomic E-state index is 13.5. The van der Waals surface area contributed by atoms with E-state index < -0.39 is 0 Å². The van der Waals surface area contributed by atoms with Crippen LogP contribution < -0.4 is 14.4 Å². The van der Waals surface area contributed by atoms with E-state index in [2.05, 4.69) is 38.1 Å². The molecular formula is C28H29NO3S. The largest absolute Gasteiger partial charge is 0.497 e. The topological polar surface area (TPSA) is 38.8 Å². The van der Waals surface area contributed by atoms with E-state index in [9.17, 15) is 4.79 Å². The zero-order chi connectivity index (χ0) is 23.2. The van der Waals surface area contributed by atoms with Crippen molar-refractivity contribution >= 4 is 29.4 Å². The fourth-order valence-corrected chi connectivity index (χ4v) is 4.89.